The lowest BCUT2D eigenvalue weighted by molar-refractivity contribution is -0.161. The minimum absolute atomic E-state index is 0.0893. The maximum absolute atomic E-state index is 12.3. The van der Waals surface area contributed by atoms with Gasteiger partial charge in [0.05, 0.1) is 28.2 Å². The number of hydrogen-bond donors (Lipinski definition) is 2. The molecule has 1 aliphatic rings. The van der Waals surface area contributed by atoms with Gasteiger partial charge in [0.25, 0.3) is 0 Å². The second-order valence-electron chi connectivity index (χ2n) is 7.78. The summed E-state index contributed by atoms with van der Waals surface area (Å²) in [5, 5.41) is 9.13. The largest absolute Gasteiger partial charge is 0.478 e. The van der Waals surface area contributed by atoms with Crippen molar-refractivity contribution in [2.75, 3.05) is 17.7 Å². The van der Waals surface area contributed by atoms with Crippen LogP contribution >= 0.6 is 0 Å². The molecule has 0 aliphatic carbocycles. The Bertz CT molecular complexity index is 844. The van der Waals surface area contributed by atoms with Crippen molar-refractivity contribution in [3.05, 3.63) is 23.8 Å². The highest BCUT2D eigenvalue weighted by atomic mass is 32.2. The summed E-state index contributed by atoms with van der Waals surface area (Å²) < 4.78 is 29.8. The van der Waals surface area contributed by atoms with Crippen LogP contribution in [0.15, 0.2) is 23.1 Å². The predicted octanol–water partition coefficient (Wildman–Crippen LogP) is 1.63. The maximum Gasteiger partial charge on any atom is 0.335 e. The monoisotopic (exact) mass is 398 g/mol. The summed E-state index contributed by atoms with van der Waals surface area (Å²) in [4.78, 5) is 25.1. The van der Waals surface area contributed by atoms with Gasteiger partial charge in [-0.3, -0.25) is 4.79 Å². The molecule has 2 rings (SSSR count). The number of sulfone groups is 1. The van der Waals surface area contributed by atoms with Gasteiger partial charge in [0.1, 0.15) is 5.60 Å². The highest BCUT2D eigenvalue weighted by molar-refractivity contribution is 7.90. The smallest absolute Gasteiger partial charge is 0.335 e. The second-order valence-corrected chi connectivity index (χ2v) is 9.76. The van der Waals surface area contributed by atoms with E-state index in [9.17, 15) is 18.0 Å². The van der Waals surface area contributed by atoms with E-state index in [1.54, 1.807) is 25.7 Å². The zero-order chi connectivity index (χ0) is 20.6. The standard InChI is InChI=1S/C18H26N2O6S/c1-18(2,3)26-17(23)12-7-8-20(15(19)10-12)13-6-5-11(16(21)22)9-14(13)27(4,24)25/h5-6,9,12,15H,7-8,10,19H2,1-4H3,(H,21,22). The fourth-order valence-electron chi connectivity index (χ4n) is 3.08. The normalized spacial score (nSPS) is 21.0. The molecule has 2 atom stereocenters. The van der Waals surface area contributed by atoms with Gasteiger partial charge in [-0.25, -0.2) is 13.2 Å². The van der Waals surface area contributed by atoms with Crippen molar-refractivity contribution in [1.29, 1.82) is 0 Å². The number of benzene rings is 1. The lowest BCUT2D eigenvalue weighted by Crippen LogP contribution is -2.50. The molecule has 1 aromatic rings. The van der Waals surface area contributed by atoms with Gasteiger partial charge in [-0.05, 0) is 51.8 Å². The quantitative estimate of drug-likeness (QED) is 0.733. The minimum atomic E-state index is -3.67. The summed E-state index contributed by atoms with van der Waals surface area (Å²) in [6.45, 7) is 5.74. The first kappa shape index (κ1) is 21.2. The first-order valence-corrected chi connectivity index (χ1v) is 10.5. The highest BCUT2D eigenvalue weighted by Gasteiger charge is 2.34. The van der Waals surface area contributed by atoms with E-state index in [1.807, 2.05) is 0 Å². The number of nitrogens with zero attached hydrogens (tertiary/aromatic N) is 1. The number of rotatable bonds is 4. The Hall–Kier alpha value is -2.13. The molecular formula is C18H26N2O6S. The van der Waals surface area contributed by atoms with E-state index >= 15 is 0 Å². The number of nitrogens with two attached hydrogens (primary N) is 1. The Morgan fingerprint density at radius 3 is 2.41 bits per heavy atom. The lowest BCUT2D eigenvalue weighted by Gasteiger charge is -2.39. The molecule has 0 saturated carbocycles. The average Bonchev–Trinajstić information content (AvgIpc) is 2.51. The van der Waals surface area contributed by atoms with E-state index in [4.69, 9.17) is 15.6 Å². The molecule has 1 aliphatic heterocycles. The summed E-state index contributed by atoms with van der Waals surface area (Å²) in [5.41, 5.74) is 5.86. The maximum atomic E-state index is 12.3. The molecule has 0 aromatic heterocycles. The van der Waals surface area contributed by atoms with Gasteiger partial charge in [-0.2, -0.15) is 0 Å². The number of carboxylic acids is 1. The van der Waals surface area contributed by atoms with Crippen molar-refractivity contribution in [3.8, 4) is 0 Å². The molecule has 150 valence electrons. The van der Waals surface area contributed by atoms with Crippen molar-refractivity contribution in [2.45, 2.75) is 50.3 Å². The van der Waals surface area contributed by atoms with E-state index in [1.165, 1.54) is 12.1 Å². The van der Waals surface area contributed by atoms with Crippen LogP contribution in [-0.2, 0) is 19.4 Å². The molecule has 1 saturated heterocycles. The van der Waals surface area contributed by atoms with Gasteiger partial charge in [-0.15, -0.1) is 0 Å². The van der Waals surface area contributed by atoms with E-state index in [0.717, 1.165) is 12.3 Å². The number of ether oxygens (including phenoxy) is 1. The van der Waals surface area contributed by atoms with E-state index in [0.29, 0.717) is 25.1 Å². The van der Waals surface area contributed by atoms with Gasteiger partial charge in [0, 0.05) is 12.8 Å². The molecule has 0 amide bonds. The Kier molecular flexibility index (Phi) is 5.86. The van der Waals surface area contributed by atoms with Crippen LogP contribution in [0.1, 0.15) is 44.0 Å². The van der Waals surface area contributed by atoms with Crippen molar-refractivity contribution >= 4 is 27.5 Å². The molecule has 27 heavy (non-hydrogen) atoms. The third-order valence-electron chi connectivity index (χ3n) is 4.30. The third kappa shape index (κ3) is 5.20. The van der Waals surface area contributed by atoms with Crippen LogP contribution in [0.3, 0.4) is 0 Å². The van der Waals surface area contributed by atoms with Crippen molar-refractivity contribution in [3.63, 3.8) is 0 Å². The number of hydrogen-bond acceptors (Lipinski definition) is 7. The Morgan fingerprint density at radius 1 is 1.30 bits per heavy atom. The van der Waals surface area contributed by atoms with Crippen LogP contribution in [-0.4, -0.2) is 50.0 Å². The minimum Gasteiger partial charge on any atom is -0.478 e. The number of carbonyl (C=O) groups excluding carboxylic acids is 1. The summed E-state index contributed by atoms with van der Waals surface area (Å²) in [6.07, 6.45) is 1.22. The van der Waals surface area contributed by atoms with Gasteiger partial charge >= 0.3 is 11.9 Å². The van der Waals surface area contributed by atoms with Crippen LogP contribution in [0, 0.1) is 5.92 Å². The Morgan fingerprint density at radius 2 is 1.93 bits per heavy atom. The van der Waals surface area contributed by atoms with Crippen LogP contribution in [0.5, 0.6) is 0 Å². The summed E-state index contributed by atoms with van der Waals surface area (Å²) in [5.74, 6) is -1.89. The zero-order valence-corrected chi connectivity index (χ0v) is 16.7. The van der Waals surface area contributed by atoms with Crippen LogP contribution < -0.4 is 10.6 Å². The van der Waals surface area contributed by atoms with Crippen LogP contribution in [0.25, 0.3) is 0 Å². The Labute approximate surface area is 159 Å². The number of anilines is 1. The Balaban J connectivity index is 2.28. The lowest BCUT2D eigenvalue weighted by atomic mass is 9.94. The van der Waals surface area contributed by atoms with E-state index < -0.39 is 27.6 Å². The fourth-order valence-corrected chi connectivity index (χ4v) is 3.98. The summed E-state index contributed by atoms with van der Waals surface area (Å²) >= 11 is 0. The van der Waals surface area contributed by atoms with Gasteiger partial charge in [-0.1, -0.05) is 0 Å². The fraction of sp³-hybridized carbons (Fsp3) is 0.556. The highest BCUT2D eigenvalue weighted by Crippen LogP contribution is 2.33. The SMILES string of the molecule is CC(C)(C)OC(=O)C1CCN(c2ccc(C(=O)O)cc2S(C)(=O)=O)C(N)C1. The molecule has 2 unspecified atom stereocenters. The second kappa shape index (κ2) is 7.47. The molecule has 3 N–H and O–H groups in total. The van der Waals surface area contributed by atoms with Gasteiger partial charge < -0.3 is 20.5 Å². The topological polar surface area (TPSA) is 127 Å². The molecule has 8 nitrogen and oxygen atoms in total. The van der Waals surface area contributed by atoms with Crippen LogP contribution in [0.2, 0.25) is 0 Å². The molecule has 9 heteroatoms. The summed E-state index contributed by atoms with van der Waals surface area (Å²) in [6, 6.07) is 3.94. The molecule has 1 heterocycles. The van der Waals surface area contributed by atoms with Crippen molar-refractivity contribution in [2.24, 2.45) is 11.7 Å². The number of carbonyl (C=O) groups is 2. The van der Waals surface area contributed by atoms with E-state index in [-0.39, 0.29) is 22.3 Å². The van der Waals surface area contributed by atoms with Crippen LogP contribution in [0.4, 0.5) is 5.69 Å². The zero-order valence-electron chi connectivity index (χ0n) is 15.9. The number of carboxylic acid groups (broad SMARTS) is 1. The van der Waals surface area contributed by atoms with Gasteiger partial charge in [0.15, 0.2) is 9.84 Å². The summed E-state index contributed by atoms with van der Waals surface area (Å²) in [7, 11) is -3.67. The van der Waals surface area contributed by atoms with Crippen molar-refractivity contribution < 1.29 is 27.9 Å². The molecule has 0 bridgehead atoms. The molecule has 0 spiro atoms. The number of esters is 1. The molecule has 1 aromatic carbocycles. The van der Waals surface area contributed by atoms with Gasteiger partial charge in [0.2, 0.25) is 0 Å². The average molecular weight is 398 g/mol. The predicted molar refractivity (Wildman–Crippen MR) is 100 cm³/mol. The first-order chi connectivity index (χ1) is 12.3. The molecule has 0 radical (unpaired) electrons. The molecular weight excluding hydrogens is 372 g/mol. The third-order valence-corrected chi connectivity index (χ3v) is 5.43. The van der Waals surface area contributed by atoms with Crippen molar-refractivity contribution in [1.82, 2.24) is 0 Å². The number of aromatic carboxylic acids is 1. The van der Waals surface area contributed by atoms with E-state index in [2.05, 4.69) is 0 Å². The molecule has 1 fully saturated rings. The first-order valence-electron chi connectivity index (χ1n) is 8.62. The number of piperidine rings is 1.